The first-order chi connectivity index (χ1) is 9.49. The minimum Gasteiger partial charge on any atom is -0.481 e. The first-order valence-corrected chi connectivity index (χ1v) is 7.68. The summed E-state index contributed by atoms with van der Waals surface area (Å²) in [4.78, 5) is 25.2. The van der Waals surface area contributed by atoms with E-state index in [9.17, 15) is 14.7 Å². The molecule has 20 heavy (non-hydrogen) atoms. The largest absolute Gasteiger partial charge is 0.481 e. The molecule has 0 radical (unpaired) electrons. The van der Waals surface area contributed by atoms with Gasteiger partial charge in [0, 0.05) is 19.0 Å². The Labute approximate surface area is 120 Å². The monoisotopic (exact) mass is 283 g/mol. The Morgan fingerprint density at radius 2 is 1.50 bits per heavy atom. The van der Waals surface area contributed by atoms with Crippen LogP contribution in [-0.2, 0) is 9.59 Å². The summed E-state index contributed by atoms with van der Waals surface area (Å²) in [5.74, 6) is -0.484. The number of carbonyl (C=O) groups excluding carboxylic acids is 1. The summed E-state index contributed by atoms with van der Waals surface area (Å²) in [6, 6.07) is 0. The molecule has 1 aliphatic carbocycles. The molecule has 5 heteroatoms. The van der Waals surface area contributed by atoms with Crippen LogP contribution in [0.3, 0.4) is 0 Å². The first kappa shape index (κ1) is 15.3. The van der Waals surface area contributed by atoms with Crippen LogP contribution in [0.1, 0.15) is 45.4 Å². The summed E-state index contributed by atoms with van der Waals surface area (Å²) in [6.07, 6.45) is 4.09. The number of piperidine rings is 1. The fourth-order valence-electron chi connectivity index (χ4n) is 3.45. The van der Waals surface area contributed by atoms with Gasteiger partial charge in [-0.25, -0.2) is 0 Å². The van der Waals surface area contributed by atoms with Gasteiger partial charge in [-0.2, -0.15) is 0 Å². The van der Waals surface area contributed by atoms with Gasteiger partial charge >= 0.3 is 5.97 Å². The Morgan fingerprint density at radius 1 is 1.00 bits per heavy atom. The minimum atomic E-state index is -0.728. The maximum atomic E-state index is 12.4. The van der Waals surface area contributed by atoms with Crippen molar-refractivity contribution in [2.75, 3.05) is 13.1 Å². The molecule has 2 N–H and O–H groups in total. The third kappa shape index (κ3) is 3.51. The summed E-state index contributed by atoms with van der Waals surface area (Å²) < 4.78 is 0. The molecule has 1 unspecified atom stereocenters. The molecule has 2 aliphatic rings. The average Bonchev–Trinajstić information content (AvgIpc) is 2.46. The number of carbonyl (C=O) groups is 2. The number of carboxylic acid groups (broad SMARTS) is 1. The number of aliphatic carboxylic acids is 1. The smallest absolute Gasteiger partial charge is 0.306 e. The van der Waals surface area contributed by atoms with Crippen molar-refractivity contribution in [3.05, 3.63) is 0 Å². The minimum absolute atomic E-state index is 0.00806. The first-order valence-electron chi connectivity index (χ1n) is 7.68. The maximum absolute atomic E-state index is 12.4. The third-order valence-electron chi connectivity index (χ3n) is 4.96. The molecule has 1 atom stereocenters. The highest BCUT2D eigenvalue weighted by Crippen LogP contribution is 2.31. The van der Waals surface area contributed by atoms with Gasteiger partial charge in [0.15, 0.2) is 0 Å². The van der Waals surface area contributed by atoms with Crippen LogP contribution in [0, 0.1) is 17.8 Å². The van der Waals surface area contributed by atoms with Crippen molar-refractivity contribution in [3.8, 4) is 0 Å². The summed E-state index contributed by atoms with van der Waals surface area (Å²) in [7, 11) is 0. The summed E-state index contributed by atoms with van der Waals surface area (Å²) in [5.41, 5.74) is 0. The number of nitrogens with zero attached hydrogens (tertiary/aromatic N) is 1. The molecule has 5 nitrogen and oxygen atoms in total. The Kier molecular flexibility index (Phi) is 5.02. The molecule has 0 aromatic carbocycles. The van der Waals surface area contributed by atoms with E-state index in [0.29, 0.717) is 31.6 Å². The van der Waals surface area contributed by atoms with Gasteiger partial charge in [0.05, 0.1) is 12.0 Å². The van der Waals surface area contributed by atoms with Crippen LogP contribution in [-0.4, -0.2) is 46.2 Å². The molecule has 1 aliphatic heterocycles. The Balaban J connectivity index is 1.80. The molecule has 0 spiro atoms. The zero-order valence-electron chi connectivity index (χ0n) is 12.1. The van der Waals surface area contributed by atoms with E-state index < -0.39 is 5.97 Å². The van der Waals surface area contributed by atoms with Crippen molar-refractivity contribution in [2.24, 2.45) is 17.8 Å². The van der Waals surface area contributed by atoms with E-state index in [-0.39, 0.29) is 23.8 Å². The van der Waals surface area contributed by atoms with E-state index in [1.54, 1.807) is 0 Å². The lowest BCUT2D eigenvalue weighted by Gasteiger charge is -2.36. The van der Waals surface area contributed by atoms with Crippen molar-refractivity contribution in [3.63, 3.8) is 0 Å². The number of hydrogen-bond donors (Lipinski definition) is 2. The van der Waals surface area contributed by atoms with E-state index in [2.05, 4.69) is 0 Å². The van der Waals surface area contributed by atoms with Crippen LogP contribution in [0.4, 0.5) is 0 Å². The predicted octanol–water partition coefficient (Wildman–Crippen LogP) is 1.50. The highest BCUT2D eigenvalue weighted by atomic mass is 16.4. The van der Waals surface area contributed by atoms with Crippen LogP contribution in [0.2, 0.25) is 0 Å². The lowest BCUT2D eigenvalue weighted by atomic mass is 9.81. The van der Waals surface area contributed by atoms with Gasteiger partial charge in [-0.05, 0) is 51.4 Å². The van der Waals surface area contributed by atoms with Crippen LogP contribution in [0.15, 0.2) is 0 Å². The number of hydrogen-bond acceptors (Lipinski definition) is 3. The van der Waals surface area contributed by atoms with E-state index in [1.165, 1.54) is 0 Å². The van der Waals surface area contributed by atoms with Crippen molar-refractivity contribution in [2.45, 2.75) is 51.6 Å². The van der Waals surface area contributed by atoms with E-state index in [4.69, 9.17) is 5.11 Å². The molecule has 2 fully saturated rings. The van der Waals surface area contributed by atoms with Crippen molar-refractivity contribution in [1.29, 1.82) is 0 Å². The SMILES string of the molecule is CC(O)C1CCN(C(=O)C2CCC(C(=O)O)CC2)CC1. The fourth-order valence-corrected chi connectivity index (χ4v) is 3.45. The number of likely N-dealkylation sites (tertiary alicyclic amines) is 1. The molecule has 1 amide bonds. The topological polar surface area (TPSA) is 77.8 Å². The molecule has 0 aromatic heterocycles. The summed E-state index contributed by atoms with van der Waals surface area (Å²) >= 11 is 0. The van der Waals surface area contributed by atoms with Gasteiger partial charge < -0.3 is 15.1 Å². The molecule has 1 heterocycles. The van der Waals surface area contributed by atoms with Gasteiger partial charge in [0.1, 0.15) is 0 Å². The maximum Gasteiger partial charge on any atom is 0.306 e. The number of aliphatic hydroxyl groups excluding tert-OH is 1. The number of carboxylic acids is 1. The quantitative estimate of drug-likeness (QED) is 0.822. The molecule has 1 saturated carbocycles. The normalized spacial score (nSPS) is 30.0. The second kappa shape index (κ2) is 6.57. The molecule has 1 saturated heterocycles. The van der Waals surface area contributed by atoms with Gasteiger partial charge in [-0.15, -0.1) is 0 Å². The predicted molar refractivity (Wildman–Crippen MR) is 74.1 cm³/mol. The molecule has 2 rings (SSSR count). The highest BCUT2D eigenvalue weighted by molar-refractivity contribution is 5.79. The van der Waals surface area contributed by atoms with Crippen LogP contribution < -0.4 is 0 Å². The third-order valence-corrected chi connectivity index (χ3v) is 4.96. The number of aliphatic hydroxyl groups is 1. The number of rotatable bonds is 3. The molecular formula is C15H25NO4. The van der Waals surface area contributed by atoms with Gasteiger partial charge in [0.25, 0.3) is 0 Å². The Hall–Kier alpha value is -1.10. The Bertz CT molecular complexity index is 353. The zero-order chi connectivity index (χ0) is 14.7. The van der Waals surface area contributed by atoms with Crippen molar-refractivity contribution < 1.29 is 19.8 Å². The second-order valence-corrected chi connectivity index (χ2v) is 6.29. The van der Waals surface area contributed by atoms with Gasteiger partial charge in [-0.3, -0.25) is 9.59 Å². The average molecular weight is 283 g/mol. The Morgan fingerprint density at radius 3 is 1.95 bits per heavy atom. The lowest BCUT2D eigenvalue weighted by Crippen LogP contribution is -2.44. The van der Waals surface area contributed by atoms with Crippen molar-refractivity contribution in [1.82, 2.24) is 4.90 Å². The number of amides is 1. The molecule has 0 bridgehead atoms. The molecule has 0 aromatic rings. The van der Waals surface area contributed by atoms with E-state index in [0.717, 1.165) is 25.9 Å². The van der Waals surface area contributed by atoms with E-state index in [1.807, 2.05) is 11.8 Å². The summed E-state index contributed by atoms with van der Waals surface area (Å²) in [6.45, 7) is 3.27. The lowest BCUT2D eigenvalue weighted by molar-refractivity contribution is -0.146. The van der Waals surface area contributed by atoms with Crippen LogP contribution in [0.25, 0.3) is 0 Å². The van der Waals surface area contributed by atoms with E-state index >= 15 is 0 Å². The zero-order valence-corrected chi connectivity index (χ0v) is 12.1. The fraction of sp³-hybridized carbons (Fsp3) is 0.867. The second-order valence-electron chi connectivity index (χ2n) is 6.29. The summed E-state index contributed by atoms with van der Waals surface area (Å²) in [5, 5.41) is 18.5. The standard InChI is InChI=1S/C15H25NO4/c1-10(17)11-6-8-16(9-7-11)14(18)12-2-4-13(5-3-12)15(19)20/h10-13,17H,2-9H2,1H3,(H,19,20). The van der Waals surface area contributed by atoms with Crippen LogP contribution in [0.5, 0.6) is 0 Å². The molecule has 114 valence electrons. The van der Waals surface area contributed by atoms with Gasteiger partial charge in [0.2, 0.25) is 5.91 Å². The van der Waals surface area contributed by atoms with Gasteiger partial charge in [-0.1, -0.05) is 0 Å². The molecular weight excluding hydrogens is 258 g/mol. The highest BCUT2D eigenvalue weighted by Gasteiger charge is 2.33. The van der Waals surface area contributed by atoms with Crippen LogP contribution >= 0.6 is 0 Å². The van der Waals surface area contributed by atoms with Crippen molar-refractivity contribution >= 4 is 11.9 Å².